The number of pyridine rings is 1. The predicted molar refractivity (Wildman–Crippen MR) is 129 cm³/mol. The van der Waals surface area contributed by atoms with Crippen LogP contribution in [0.1, 0.15) is 20.8 Å². The van der Waals surface area contributed by atoms with E-state index in [9.17, 15) is 8.42 Å². The Morgan fingerprint density at radius 2 is 1.81 bits per heavy atom. The number of benzene rings is 2. The van der Waals surface area contributed by atoms with Crippen LogP contribution in [0.2, 0.25) is 0 Å². The topological polar surface area (TPSA) is 92.7 Å². The molecule has 32 heavy (non-hydrogen) atoms. The van der Waals surface area contributed by atoms with E-state index in [0.29, 0.717) is 5.69 Å². The number of anilines is 1. The van der Waals surface area contributed by atoms with Crippen LogP contribution >= 0.6 is 0 Å². The van der Waals surface area contributed by atoms with E-state index in [1.165, 1.54) is 0 Å². The highest BCUT2D eigenvalue weighted by Gasteiger charge is 2.17. The summed E-state index contributed by atoms with van der Waals surface area (Å²) >= 11 is 0. The molecule has 0 bridgehead atoms. The number of thiol groups is 1. The normalized spacial score (nSPS) is 12.1. The minimum absolute atomic E-state index is 0.0735. The quantitative estimate of drug-likeness (QED) is 0.342. The molecule has 0 amide bonds. The van der Waals surface area contributed by atoms with Crippen molar-refractivity contribution in [2.75, 3.05) is 4.72 Å². The third kappa shape index (κ3) is 3.62. The van der Waals surface area contributed by atoms with Crippen LogP contribution in [-0.2, 0) is 16.4 Å². The van der Waals surface area contributed by atoms with Gasteiger partial charge in [0.05, 0.1) is 17.4 Å². The van der Waals surface area contributed by atoms with E-state index >= 15 is 0 Å². The standard InChI is InChI=1S/C24H23N5O2S/c1-24(2,3)29-14-27-21-8-7-16(11-22(21)29)20-13-26-23-19(20)10-17(12-25-23)15-5-4-6-18(9-15)28-32(30)31/h4-14,32H,1-3H3,(H,25,26)(H,28,30,31). The highest BCUT2D eigenvalue weighted by molar-refractivity contribution is 7.73. The number of nitrogens with zero attached hydrogens (tertiary/aromatic N) is 3. The van der Waals surface area contributed by atoms with E-state index < -0.39 is 10.9 Å². The molecule has 5 rings (SSSR count). The van der Waals surface area contributed by atoms with Crippen molar-refractivity contribution in [2.24, 2.45) is 0 Å². The van der Waals surface area contributed by atoms with E-state index in [2.05, 4.69) is 63.2 Å². The van der Waals surface area contributed by atoms with E-state index in [-0.39, 0.29) is 5.54 Å². The second-order valence-corrected chi connectivity index (χ2v) is 9.50. The van der Waals surface area contributed by atoms with Crippen molar-refractivity contribution in [3.63, 3.8) is 0 Å². The molecule has 3 heterocycles. The Balaban J connectivity index is 1.62. The second-order valence-electron chi connectivity index (χ2n) is 8.76. The SMILES string of the molecule is CC(C)(C)n1cnc2ccc(-c3c[nH]c4ncc(-c5cccc(N[SH](=O)=O)c5)cc34)cc21. The van der Waals surface area contributed by atoms with Crippen LogP contribution in [0.15, 0.2) is 67.3 Å². The lowest BCUT2D eigenvalue weighted by Crippen LogP contribution is -2.20. The first-order chi connectivity index (χ1) is 15.3. The third-order valence-corrected chi connectivity index (χ3v) is 5.97. The van der Waals surface area contributed by atoms with Gasteiger partial charge in [-0.2, -0.15) is 0 Å². The molecule has 0 radical (unpaired) electrons. The van der Waals surface area contributed by atoms with Crippen molar-refractivity contribution in [1.29, 1.82) is 0 Å². The number of H-pyrrole nitrogens is 1. The summed E-state index contributed by atoms with van der Waals surface area (Å²) in [4.78, 5) is 12.4. The first-order valence-electron chi connectivity index (χ1n) is 10.3. The van der Waals surface area contributed by atoms with Gasteiger partial charge in [-0.1, -0.05) is 18.2 Å². The minimum Gasteiger partial charge on any atom is -0.346 e. The van der Waals surface area contributed by atoms with Crippen LogP contribution in [-0.4, -0.2) is 27.9 Å². The van der Waals surface area contributed by atoms with Crippen LogP contribution in [0.5, 0.6) is 0 Å². The maximum absolute atomic E-state index is 11.0. The number of hydrogen-bond donors (Lipinski definition) is 3. The van der Waals surface area contributed by atoms with E-state index in [4.69, 9.17) is 0 Å². The highest BCUT2D eigenvalue weighted by atomic mass is 32.2. The number of hydrogen-bond acceptors (Lipinski definition) is 4. The van der Waals surface area contributed by atoms with Gasteiger partial charge in [0.25, 0.3) is 0 Å². The summed E-state index contributed by atoms with van der Waals surface area (Å²) in [6.07, 6.45) is 5.65. The Bertz CT molecular complexity index is 1530. The summed E-state index contributed by atoms with van der Waals surface area (Å²) in [6, 6.07) is 15.6. The molecule has 0 aliphatic carbocycles. The smallest absolute Gasteiger partial charge is 0.222 e. The van der Waals surface area contributed by atoms with Crippen molar-refractivity contribution in [1.82, 2.24) is 19.5 Å². The Morgan fingerprint density at radius 3 is 2.59 bits per heavy atom. The molecule has 7 nitrogen and oxygen atoms in total. The van der Waals surface area contributed by atoms with Gasteiger partial charge in [0, 0.05) is 40.1 Å². The zero-order chi connectivity index (χ0) is 22.5. The number of nitrogens with one attached hydrogen (secondary N) is 2. The number of fused-ring (bicyclic) bond motifs is 2. The first-order valence-corrected chi connectivity index (χ1v) is 11.4. The lowest BCUT2D eigenvalue weighted by molar-refractivity contribution is 0.408. The van der Waals surface area contributed by atoms with Gasteiger partial charge in [0.2, 0.25) is 10.9 Å². The van der Waals surface area contributed by atoms with Gasteiger partial charge in [0.15, 0.2) is 0 Å². The molecule has 0 unspecified atom stereocenters. The van der Waals surface area contributed by atoms with Gasteiger partial charge < -0.3 is 9.55 Å². The highest BCUT2D eigenvalue weighted by Crippen LogP contribution is 2.34. The number of aromatic nitrogens is 4. The summed E-state index contributed by atoms with van der Waals surface area (Å²) in [5.74, 6) is 0. The van der Waals surface area contributed by atoms with Crippen LogP contribution in [0.3, 0.4) is 0 Å². The molecule has 0 aliphatic rings. The van der Waals surface area contributed by atoms with Gasteiger partial charge in [0.1, 0.15) is 5.65 Å². The predicted octanol–water partition coefficient (Wildman–Crippen LogP) is 4.94. The van der Waals surface area contributed by atoms with Crippen LogP contribution in [0.4, 0.5) is 5.69 Å². The molecule has 3 aromatic heterocycles. The van der Waals surface area contributed by atoms with Gasteiger partial charge in [-0.3, -0.25) is 4.72 Å². The molecule has 0 spiro atoms. The Labute approximate surface area is 187 Å². The third-order valence-electron chi connectivity index (χ3n) is 5.53. The molecular weight excluding hydrogens is 422 g/mol. The molecule has 2 aromatic carbocycles. The zero-order valence-corrected chi connectivity index (χ0v) is 18.9. The van der Waals surface area contributed by atoms with Gasteiger partial charge in [-0.25, -0.2) is 18.4 Å². The lowest BCUT2D eigenvalue weighted by Gasteiger charge is -2.21. The molecule has 0 saturated heterocycles. The minimum atomic E-state index is -2.71. The maximum Gasteiger partial charge on any atom is 0.222 e. The van der Waals surface area contributed by atoms with Gasteiger partial charge >= 0.3 is 0 Å². The first kappa shape index (κ1) is 20.3. The summed E-state index contributed by atoms with van der Waals surface area (Å²) in [5.41, 5.74) is 7.21. The van der Waals surface area contributed by atoms with E-state index in [1.54, 1.807) is 18.3 Å². The summed E-state index contributed by atoms with van der Waals surface area (Å²) < 4.78 is 26.7. The largest absolute Gasteiger partial charge is 0.346 e. The molecule has 2 N–H and O–H groups in total. The molecular formula is C24H23N5O2S. The Morgan fingerprint density at radius 1 is 0.969 bits per heavy atom. The Kier molecular flexibility index (Phi) is 4.74. The van der Waals surface area contributed by atoms with Crippen LogP contribution < -0.4 is 4.72 Å². The maximum atomic E-state index is 11.0. The van der Waals surface area contributed by atoms with Crippen molar-refractivity contribution in [2.45, 2.75) is 26.3 Å². The van der Waals surface area contributed by atoms with Gasteiger partial charge in [-0.15, -0.1) is 0 Å². The molecule has 0 atom stereocenters. The molecule has 5 aromatic rings. The van der Waals surface area contributed by atoms with Crippen molar-refractivity contribution >= 4 is 38.6 Å². The second kappa shape index (κ2) is 7.49. The molecule has 0 saturated carbocycles. The van der Waals surface area contributed by atoms with Gasteiger partial charge in [-0.05, 0) is 62.2 Å². The lowest BCUT2D eigenvalue weighted by atomic mass is 10.0. The van der Waals surface area contributed by atoms with Crippen LogP contribution in [0.25, 0.3) is 44.3 Å². The molecule has 0 aliphatic heterocycles. The monoisotopic (exact) mass is 445 g/mol. The average molecular weight is 446 g/mol. The zero-order valence-electron chi connectivity index (χ0n) is 18.0. The van der Waals surface area contributed by atoms with E-state index in [1.807, 2.05) is 30.7 Å². The summed E-state index contributed by atoms with van der Waals surface area (Å²) in [6.45, 7) is 6.48. The van der Waals surface area contributed by atoms with Crippen LogP contribution in [0, 0.1) is 0 Å². The molecule has 8 heteroatoms. The molecule has 162 valence electrons. The Hall–Kier alpha value is -3.65. The fraction of sp³-hybridized carbons (Fsp3) is 0.167. The fourth-order valence-corrected chi connectivity index (χ4v) is 4.33. The number of aromatic amines is 1. The van der Waals surface area contributed by atoms with Crippen molar-refractivity contribution in [3.05, 3.63) is 67.3 Å². The average Bonchev–Trinajstić information content (AvgIpc) is 3.36. The number of imidazole rings is 1. The fourth-order valence-electron chi connectivity index (χ4n) is 3.98. The molecule has 0 fully saturated rings. The summed E-state index contributed by atoms with van der Waals surface area (Å²) in [5, 5.41) is 0.997. The number of rotatable bonds is 4. The van der Waals surface area contributed by atoms with Crippen molar-refractivity contribution in [3.8, 4) is 22.3 Å². The van der Waals surface area contributed by atoms with E-state index in [0.717, 1.165) is 44.3 Å². The van der Waals surface area contributed by atoms with Crippen molar-refractivity contribution < 1.29 is 8.42 Å². The summed E-state index contributed by atoms with van der Waals surface area (Å²) in [7, 11) is -2.71.